The van der Waals surface area contributed by atoms with Gasteiger partial charge in [-0.15, -0.1) is 0 Å². The molecule has 2 aromatic heterocycles. The van der Waals surface area contributed by atoms with Crippen molar-refractivity contribution < 1.29 is 29.0 Å². The van der Waals surface area contributed by atoms with Gasteiger partial charge in [0.05, 0.1) is 11.8 Å². The number of ether oxygens (including phenoxy) is 1. The van der Waals surface area contributed by atoms with Crippen LogP contribution in [0, 0.1) is 0 Å². The third kappa shape index (κ3) is 2.88. The molecule has 0 aliphatic rings. The van der Waals surface area contributed by atoms with Crippen molar-refractivity contribution in [3.05, 3.63) is 65.0 Å². The highest BCUT2D eigenvalue weighted by atomic mass is 35.5. The van der Waals surface area contributed by atoms with Crippen LogP contribution in [-0.4, -0.2) is 26.8 Å². The Balaban J connectivity index is 1.74. The van der Waals surface area contributed by atoms with Crippen LogP contribution in [0.15, 0.2) is 53.1 Å². The highest BCUT2D eigenvalue weighted by Gasteiger charge is 2.21. The number of furan rings is 1. The molecule has 2 aromatic carbocycles. The third-order valence-electron chi connectivity index (χ3n) is 4.22. The van der Waals surface area contributed by atoms with Crippen LogP contribution in [0.1, 0.15) is 16.1 Å². The summed E-state index contributed by atoms with van der Waals surface area (Å²) >= 11 is 6.03. The first kappa shape index (κ1) is 17.0. The Kier molecular flexibility index (Phi) is 4.01. The summed E-state index contributed by atoms with van der Waals surface area (Å²) in [6.45, 7) is 0.146. The molecule has 27 heavy (non-hydrogen) atoms. The zero-order valence-corrected chi connectivity index (χ0v) is 14.4. The van der Waals surface area contributed by atoms with Gasteiger partial charge in [0.2, 0.25) is 0 Å². The number of halogens is 1. The molecule has 8 heteroatoms. The molecule has 0 aliphatic heterocycles. The van der Waals surface area contributed by atoms with E-state index in [1.54, 1.807) is 36.6 Å². The number of benzene rings is 2. The fraction of sp³-hybridized carbons (Fsp3) is 0.0526. The van der Waals surface area contributed by atoms with Gasteiger partial charge in [0, 0.05) is 21.4 Å². The van der Waals surface area contributed by atoms with Crippen molar-refractivity contribution in [3.8, 4) is 5.75 Å². The molecule has 0 bridgehead atoms. The van der Waals surface area contributed by atoms with Crippen molar-refractivity contribution in [1.29, 1.82) is 0 Å². The number of fused-ring (bicyclic) bond motifs is 2. The quantitative estimate of drug-likeness (QED) is 0.521. The molecular weight excluding hydrogens is 374 g/mol. The topological polar surface area (TPSA) is 102 Å². The van der Waals surface area contributed by atoms with Crippen LogP contribution in [0.25, 0.3) is 21.9 Å². The molecule has 4 aromatic rings. The number of aromatic carboxylic acids is 1. The highest BCUT2D eigenvalue weighted by Crippen LogP contribution is 2.31. The number of hydrogen-bond acceptors (Lipinski definition) is 4. The minimum Gasteiger partial charge on any atom is -0.488 e. The molecule has 0 amide bonds. The van der Waals surface area contributed by atoms with E-state index in [1.165, 1.54) is 12.1 Å². The zero-order chi connectivity index (χ0) is 19.1. The number of carbonyl (C=O) groups is 2. The lowest BCUT2D eigenvalue weighted by Crippen LogP contribution is -2.14. The highest BCUT2D eigenvalue weighted by molar-refractivity contribution is 6.31. The predicted octanol–water partition coefficient (Wildman–Crippen LogP) is 4.84. The summed E-state index contributed by atoms with van der Waals surface area (Å²) in [6.07, 6.45) is 0.182. The second-order valence-electron chi connectivity index (χ2n) is 5.83. The molecule has 7 nitrogen and oxygen atoms in total. The van der Waals surface area contributed by atoms with Crippen LogP contribution in [0.5, 0.6) is 5.75 Å². The zero-order valence-electron chi connectivity index (χ0n) is 13.7. The van der Waals surface area contributed by atoms with Crippen molar-refractivity contribution in [3.63, 3.8) is 0 Å². The lowest BCUT2D eigenvalue weighted by molar-refractivity contribution is 0.0684. The molecule has 0 saturated heterocycles. The first-order valence-corrected chi connectivity index (χ1v) is 8.23. The standard InChI is InChI=1S/C19H12ClNO6/c20-11-4-5-17-12(6-11)10(9-27-17)8-26-16-3-1-2-14-13(16)7-15(18(22)23)21(14)19(24)25/h1-7,9H,8H2,(H,22,23)(H,24,25). The Morgan fingerprint density at radius 3 is 2.67 bits per heavy atom. The van der Waals surface area contributed by atoms with E-state index in [0.717, 1.165) is 15.5 Å². The summed E-state index contributed by atoms with van der Waals surface area (Å²) in [5, 5.41) is 20.4. The minimum atomic E-state index is -1.38. The summed E-state index contributed by atoms with van der Waals surface area (Å²) in [5.74, 6) is -0.971. The lowest BCUT2D eigenvalue weighted by atomic mass is 10.2. The number of carboxylic acids is 1. The van der Waals surface area contributed by atoms with E-state index in [-0.39, 0.29) is 17.8 Å². The van der Waals surface area contributed by atoms with E-state index in [9.17, 15) is 19.8 Å². The van der Waals surface area contributed by atoms with Crippen molar-refractivity contribution in [2.75, 3.05) is 0 Å². The minimum absolute atomic E-state index is 0.146. The van der Waals surface area contributed by atoms with Crippen LogP contribution in [0.3, 0.4) is 0 Å². The van der Waals surface area contributed by atoms with Gasteiger partial charge in [0.15, 0.2) is 0 Å². The molecule has 0 atom stereocenters. The summed E-state index contributed by atoms with van der Waals surface area (Å²) in [4.78, 5) is 22.8. The molecule has 4 rings (SSSR count). The van der Waals surface area contributed by atoms with Gasteiger partial charge in [-0.1, -0.05) is 17.7 Å². The first-order valence-electron chi connectivity index (χ1n) is 7.85. The molecule has 2 heterocycles. The maximum Gasteiger partial charge on any atom is 0.416 e. The van der Waals surface area contributed by atoms with Gasteiger partial charge in [-0.2, -0.15) is 0 Å². The monoisotopic (exact) mass is 385 g/mol. The second kappa shape index (κ2) is 6.37. The summed E-state index contributed by atoms with van der Waals surface area (Å²) in [6, 6.07) is 11.3. The summed E-state index contributed by atoms with van der Waals surface area (Å²) in [7, 11) is 0. The van der Waals surface area contributed by atoms with Crippen molar-refractivity contribution in [1.82, 2.24) is 4.57 Å². The van der Waals surface area contributed by atoms with Crippen LogP contribution < -0.4 is 4.74 Å². The molecule has 0 fully saturated rings. The molecular formula is C19H12ClNO6. The van der Waals surface area contributed by atoms with E-state index in [4.69, 9.17) is 20.8 Å². The smallest absolute Gasteiger partial charge is 0.416 e. The molecule has 0 unspecified atom stereocenters. The Labute approximate surface area is 156 Å². The average Bonchev–Trinajstić information content (AvgIpc) is 3.21. The third-order valence-corrected chi connectivity index (χ3v) is 4.45. The molecule has 0 aliphatic carbocycles. The maximum absolute atomic E-state index is 11.5. The van der Waals surface area contributed by atoms with Crippen LogP contribution in [-0.2, 0) is 6.61 Å². The van der Waals surface area contributed by atoms with E-state index >= 15 is 0 Å². The van der Waals surface area contributed by atoms with Gasteiger partial charge in [-0.3, -0.25) is 0 Å². The van der Waals surface area contributed by atoms with Crippen molar-refractivity contribution in [2.45, 2.75) is 6.61 Å². The van der Waals surface area contributed by atoms with Crippen LogP contribution >= 0.6 is 11.6 Å². The largest absolute Gasteiger partial charge is 0.488 e. The van der Waals surface area contributed by atoms with Gasteiger partial charge < -0.3 is 19.4 Å². The van der Waals surface area contributed by atoms with Crippen molar-refractivity contribution in [2.24, 2.45) is 0 Å². The van der Waals surface area contributed by atoms with E-state index in [0.29, 0.717) is 21.7 Å². The fourth-order valence-electron chi connectivity index (χ4n) is 3.01. The van der Waals surface area contributed by atoms with Gasteiger partial charge in [-0.25, -0.2) is 14.2 Å². The number of carboxylic acid groups (broad SMARTS) is 2. The number of hydrogen-bond donors (Lipinski definition) is 2. The van der Waals surface area contributed by atoms with E-state index in [1.807, 2.05) is 0 Å². The van der Waals surface area contributed by atoms with E-state index in [2.05, 4.69) is 0 Å². The molecule has 2 N–H and O–H groups in total. The van der Waals surface area contributed by atoms with Gasteiger partial charge >= 0.3 is 12.1 Å². The van der Waals surface area contributed by atoms with E-state index < -0.39 is 12.1 Å². The molecule has 136 valence electrons. The van der Waals surface area contributed by atoms with Gasteiger partial charge in [-0.05, 0) is 36.4 Å². The lowest BCUT2D eigenvalue weighted by Gasteiger charge is -2.07. The molecule has 0 radical (unpaired) electrons. The maximum atomic E-state index is 11.5. The Morgan fingerprint density at radius 2 is 1.93 bits per heavy atom. The number of nitrogens with zero attached hydrogens (tertiary/aromatic N) is 1. The predicted molar refractivity (Wildman–Crippen MR) is 97.9 cm³/mol. The average molecular weight is 386 g/mol. The Morgan fingerprint density at radius 1 is 1.11 bits per heavy atom. The molecule has 0 saturated carbocycles. The molecule has 0 spiro atoms. The SMILES string of the molecule is O=C(O)c1cc2c(OCc3coc4ccc(Cl)cc34)cccc2n1C(=O)O. The summed E-state index contributed by atoms with van der Waals surface area (Å²) in [5.41, 5.74) is 1.31. The second-order valence-corrected chi connectivity index (χ2v) is 6.27. The van der Waals surface area contributed by atoms with Gasteiger partial charge in [0.25, 0.3) is 0 Å². The normalized spacial score (nSPS) is 11.1. The summed E-state index contributed by atoms with van der Waals surface area (Å²) < 4.78 is 12.0. The Bertz CT molecular complexity index is 1210. The van der Waals surface area contributed by atoms with Gasteiger partial charge in [0.1, 0.15) is 23.6 Å². The first-order chi connectivity index (χ1) is 13.0. The fourth-order valence-corrected chi connectivity index (χ4v) is 3.19. The van der Waals surface area contributed by atoms with Crippen molar-refractivity contribution >= 4 is 45.5 Å². The van der Waals surface area contributed by atoms with Crippen LogP contribution in [0.2, 0.25) is 5.02 Å². The van der Waals surface area contributed by atoms with Crippen LogP contribution in [0.4, 0.5) is 4.79 Å². The number of aromatic nitrogens is 1. The number of rotatable bonds is 4. The Hall–Kier alpha value is -3.45.